The van der Waals surface area contributed by atoms with Crippen LogP contribution in [0.5, 0.6) is 23.0 Å². The lowest BCUT2D eigenvalue weighted by Gasteiger charge is -2.45. The number of rotatable bonds is 9. The smallest absolute Gasteiger partial charge is 0.229 e. The van der Waals surface area contributed by atoms with E-state index in [1.165, 1.54) is 20.1 Å². The number of ether oxygens (including phenoxy) is 5. The van der Waals surface area contributed by atoms with Crippen LogP contribution in [-0.4, -0.2) is 122 Å². The van der Waals surface area contributed by atoms with Gasteiger partial charge in [-0.05, 0) is 30.7 Å². The van der Waals surface area contributed by atoms with E-state index in [9.17, 15) is 45.6 Å². The summed E-state index contributed by atoms with van der Waals surface area (Å²) in [5.74, 6) is -1.66. The number of aromatic hydroxyl groups is 2. The Hall–Kier alpha value is -3.31. The molecule has 230 valence electrons. The molecule has 0 spiro atoms. The maximum absolute atomic E-state index is 12.7. The largest absolute Gasteiger partial charge is 0.507 e. The van der Waals surface area contributed by atoms with E-state index in [0.29, 0.717) is 11.3 Å². The highest BCUT2D eigenvalue weighted by Crippen LogP contribution is 2.36. The number of aliphatic hydroxyl groups is 6. The lowest BCUT2D eigenvalue weighted by Crippen LogP contribution is -2.64. The fraction of sp³-hybridized carbons (Fsp3) is 0.464. The molecule has 4 rings (SSSR count). The van der Waals surface area contributed by atoms with Gasteiger partial charge in [0.05, 0.1) is 19.8 Å². The molecule has 14 nitrogen and oxygen atoms in total. The van der Waals surface area contributed by atoms with Gasteiger partial charge >= 0.3 is 0 Å². The summed E-state index contributed by atoms with van der Waals surface area (Å²) in [5.41, 5.74) is 0.236. The van der Waals surface area contributed by atoms with E-state index < -0.39 is 90.9 Å². The molecule has 2 aliphatic heterocycles. The summed E-state index contributed by atoms with van der Waals surface area (Å²) >= 11 is 0. The number of methoxy groups -OCH3 is 1. The fourth-order valence-corrected chi connectivity index (χ4v) is 4.59. The second kappa shape index (κ2) is 13.3. The molecule has 2 aromatic carbocycles. The molecular formula is C28H34O14. The molecule has 0 saturated carbocycles. The van der Waals surface area contributed by atoms with Crippen molar-refractivity contribution in [1.82, 2.24) is 0 Å². The van der Waals surface area contributed by atoms with Crippen molar-refractivity contribution in [3.63, 3.8) is 0 Å². The van der Waals surface area contributed by atoms with E-state index in [4.69, 9.17) is 23.7 Å². The minimum absolute atomic E-state index is 0.256. The lowest BCUT2D eigenvalue weighted by atomic mass is 9.97. The summed E-state index contributed by atoms with van der Waals surface area (Å²) in [6.07, 6.45) is -12.9. The Balaban J connectivity index is 1.54. The Bertz CT molecular complexity index is 1230. The third-order valence-electron chi connectivity index (χ3n) is 7.04. The van der Waals surface area contributed by atoms with Crippen LogP contribution in [0.25, 0.3) is 6.08 Å². The number of hydrogen-bond acceptors (Lipinski definition) is 14. The molecule has 0 radical (unpaired) electrons. The number of carbonyl (C=O) groups excluding carboxylic acids is 1. The highest BCUT2D eigenvalue weighted by Gasteiger charge is 2.50. The molecule has 8 N–H and O–H groups in total. The van der Waals surface area contributed by atoms with Gasteiger partial charge < -0.3 is 64.5 Å². The summed E-state index contributed by atoms with van der Waals surface area (Å²) in [6, 6.07) is 8.78. The van der Waals surface area contributed by atoms with Crippen molar-refractivity contribution >= 4 is 11.9 Å². The first-order chi connectivity index (χ1) is 19.9. The number of phenols is 2. The van der Waals surface area contributed by atoms with E-state index in [0.717, 1.165) is 18.2 Å². The third kappa shape index (κ3) is 6.67. The molecule has 0 bridgehead atoms. The molecule has 2 heterocycles. The number of allylic oxidation sites excluding steroid dienone is 1. The minimum atomic E-state index is -1.78. The van der Waals surface area contributed by atoms with Crippen molar-refractivity contribution < 1.29 is 69.3 Å². The monoisotopic (exact) mass is 594 g/mol. The molecule has 0 aliphatic carbocycles. The Morgan fingerprint density at radius 2 is 1.50 bits per heavy atom. The van der Waals surface area contributed by atoms with Crippen LogP contribution in [0, 0.1) is 0 Å². The Kier molecular flexibility index (Phi) is 10.0. The van der Waals surface area contributed by atoms with Gasteiger partial charge in [-0.1, -0.05) is 18.2 Å². The Morgan fingerprint density at radius 1 is 0.857 bits per heavy atom. The zero-order valence-corrected chi connectivity index (χ0v) is 22.6. The standard InChI is InChI=1S/C28H34O14/c1-12-21(33)23(35)25(37)27(39-12)42-26-24(36)22(34)19(11-29)41-28(26)40-15-9-17(31)20(18(32)10-15)16(30)8-5-13-3-6-14(38-2)7-4-13/h3-10,12,19,21-29,31-37H,11H2,1-2H3/b8-5+/t12-,19-,21-,22-,23+,24+,25+,26-,27-,28-/m1/s1. The minimum Gasteiger partial charge on any atom is -0.507 e. The topological polar surface area (TPSA) is 225 Å². The average Bonchev–Trinajstić information content (AvgIpc) is 2.97. The zero-order valence-electron chi connectivity index (χ0n) is 22.6. The summed E-state index contributed by atoms with van der Waals surface area (Å²) < 4.78 is 27.3. The van der Waals surface area contributed by atoms with Crippen LogP contribution in [0.2, 0.25) is 0 Å². The Morgan fingerprint density at radius 3 is 2.10 bits per heavy atom. The maximum atomic E-state index is 12.7. The van der Waals surface area contributed by atoms with Gasteiger partial charge in [0.25, 0.3) is 0 Å². The summed E-state index contributed by atoms with van der Waals surface area (Å²) in [7, 11) is 1.52. The van der Waals surface area contributed by atoms with Gasteiger partial charge in [-0.3, -0.25) is 4.79 Å². The van der Waals surface area contributed by atoms with Crippen LogP contribution < -0.4 is 9.47 Å². The van der Waals surface area contributed by atoms with E-state index in [1.54, 1.807) is 24.3 Å². The third-order valence-corrected chi connectivity index (χ3v) is 7.04. The molecule has 2 fully saturated rings. The first-order valence-corrected chi connectivity index (χ1v) is 13.0. The van der Waals surface area contributed by atoms with Crippen LogP contribution >= 0.6 is 0 Å². The molecular weight excluding hydrogens is 560 g/mol. The predicted octanol–water partition coefficient (Wildman–Crippen LogP) is -0.967. The van der Waals surface area contributed by atoms with E-state index in [2.05, 4.69) is 0 Å². The molecule has 2 saturated heterocycles. The van der Waals surface area contributed by atoms with Crippen molar-refractivity contribution in [1.29, 1.82) is 0 Å². The second-order valence-corrected chi connectivity index (χ2v) is 9.91. The van der Waals surface area contributed by atoms with Gasteiger partial charge in [0.2, 0.25) is 6.29 Å². The van der Waals surface area contributed by atoms with Gasteiger partial charge in [-0.25, -0.2) is 0 Å². The van der Waals surface area contributed by atoms with Crippen molar-refractivity contribution in [3.05, 3.63) is 53.6 Å². The summed E-state index contributed by atoms with van der Waals surface area (Å²) in [6.45, 7) is 0.676. The molecule has 2 aliphatic rings. The first-order valence-electron chi connectivity index (χ1n) is 13.0. The first kappa shape index (κ1) is 31.6. The fourth-order valence-electron chi connectivity index (χ4n) is 4.59. The van der Waals surface area contributed by atoms with Crippen LogP contribution in [0.4, 0.5) is 0 Å². The van der Waals surface area contributed by atoms with Crippen molar-refractivity contribution in [3.8, 4) is 23.0 Å². The average molecular weight is 595 g/mol. The molecule has 0 unspecified atom stereocenters. The summed E-state index contributed by atoms with van der Waals surface area (Å²) in [4.78, 5) is 12.7. The van der Waals surface area contributed by atoms with Crippen molar-refractivity contribution in [2.75, 3.05) is 13.7 Å². The summed E-state index contributed by atoms with van der Waals surface area (Å²) in [5, 5.41) is 82.2. The van der Waals surface area contributed by atoms with Gasteiger partial charge in [-0.2, -0.15) is 0 Å². The van der Waals surface area contributed by atoms with E-state index in [1.807, 2.05) is 0 Å². The zero-order chi connectivity index (χ0) is 30.7. The number of carbonyl (C=O) groups is 1. The number of benzene rings is 2. The molecule has 2 aromatic rings. The van der Waals surface area contributed by atoms with Gasteiger partial charge in [-0.15, -0.1) is 0 Å². The van der Waals surface area contributed by atoms with Gasteiger partial charge in [0.1, 0.15) is 65.2 Å². The van der Waals surface area contributed by atoms with Crippen LogP contribution in [0.1, 0.15) is 22.8 Å². The highest BCUT2D eigenvalue weighted by molar-refractivity contribution is 6.10. The van der Waals surface area contributed by atoms with Gasteiger partial charge in [0.15, 0.2) is 18.2 Å². The van der Waals surface area contributed by atoms with Crippen molar-refractivity contribution in [2.45, 2.75) is 68.3 Å². The number of hydrogen-bond donors (Lipinski definition) is 8. The van der Waals surface area contributed by atoms with Crippen LogP contribution in [0.3, 0.4) is 0 Å². The highest BCUT2D eigenvalue weighted by atomic mass is 16.8. The van der Waals surface area contributed by atoms with Crippen LogP contribution in [-0.2, 0) is 14.2 Å². The molecule has 0 aromatic heterocycles. The number of phenolic OH excluding ortho intramolecular Hbond substituents is 2. The molecule has 0 amide bonds. The molecule has 14 heteroatoms. The molecule has 10 atom stereocenters. The lowest BCUT2D eigenvalue weighted by molar-refractivity contribution is -0.354. The normalized spacial score (nSPS) is 33.4. The van der Waals surface area contributed by atoms with Crippen LogP contribution in [0.15, 0.2) is 42.5 Å². The second-order valence-electron chi connectivity index (χ2n) is 9.91. The van der Waals surface area contributed by atoms with E-state index >= 15 is 0 Å². The molecule has 42 heavy (non-hydrogen) atoms. The number of aliphatic hydroxyl groups excluding tert-OH is 6. The Labute approximate surface area is 240 Å². The van der Waals surface area contributed by atoms with Crippen molar-refractivity contribution in [2.24, 2.45) is 0 Å². The maximum Gasteiger partial charge on any atom is 0.229 e. The van der Waals surface area contributed by atoms with E-state index in [-0.39, 0.29) is 5.75 Å². The SMILES string of the molecule is COc1ccc(/C=C/C(=O)c2c(O)cc(O[C@@H]3O[C@H](CO)[C@@H](O)[C@H](O)[C@H]3O[C@H]3O[C@H](C)[C@@H](O)[C@H](O)[C@@H]3O)cc2O)cc1. The predicted molar refractivity (Wildman–Crippen MR) is 142 cm³/mol. The number of ketones is 1. The quantitative estimate of drug-likeness (QED) is 0.129. The van der Waals surface area contributed by atoms with Gasteiger partial charge in [0, 0.05) is 12.1 Å².